The minimum atomic E-state index is -4.69. The van der Waals surface area contributed by atoms with Crippen LogP contribution in [0.2, 0.25) is 0 Å². The Hall–Kier alpha value is -2.14. The smallest absolute Gasteiger partial charge is 0.272 e. The van der Waals surface area contributed by atoms with E-state index in [0.717, 1.165) is 18.9 Å². The van der Waals surface area contributed by atoms with Gasteiger partial charge in [0.25, 0.3) is 5.91 Å². The summed E-state index contributed by atoms with van der Waals surface area (Å²) in [5.41, 5.74) is -1.81. The van der Waals surface area contributed by atoms with Gasteiger partial charge < -0.3 is 0 Å². The van der Waals surface area contributed by atoms with E-state index in [0.29, 0.717) is 12.0 Å². The van der Waals surface area contributed by atoms with E-state index >= 15 is 0 Å². The fourth-order valence-corrected chi connectivity index (χ4v) is 2.07. The molecule has 118 valence electrons. The van der Waals surface area contributed by atoms with E-state index in [1.807, 2.05) is 6.07 Å². The molecule has 0 bridgehead atoms. The predicted molar refractivity (Wildman–Crippen MR) is 68.9 cm³/mol. The van der Waals surface area contributed by atoms with E-state index in [4.69, 9.17) is 10.1 Å². The summed E-state index contributed by atoms with van der Waals surface area (Å²) in [6.07, 6.45) is -1.59. The van der Waals surface area contributed by atoms with Gasteiger partial charge in [0.05, 0.1) is 18.2 Å². The van der Waals surface area contributed by atoms with Gasteiger partial charge in [0.2, 0.25) is 0 Å². The third-order valence-corrected chi connectivity index (χ3v) is 3.62. The number of carbonyl (C=O) groups is 1. The maximum atomic E-state index is 13.0. The van der Waals surface area contributed by atoms with Crippen LogP contribution >= 0.6 is 0 Å². The van der Waals surface area contributed by atoms with Crippen molar-refractivity contribution in [1.82, 2.24) is 10.0 Å². The van der Waals surface area contributed by atoms with Crippen molar-refractivity contribution in [3.63, 3.8) is 0 Å². The van der Waals surface area contributed by atoms with Gasteiger partial charge in [-0.15, -0.1) is 0 Å². The summed E-state index contributed by atoms with van der Waals surface area (Å²) < 4.78 is 39.1. The van der Waals surface area contributed by atoms with Crippen molar-refractivity contribution >= 4 is 5.91 Å². The molecule has 0 unspecified atom stereocenters. The molecular formula is C14H14F3N3O2. The number of alkyl halides is 3. The lowest BCUT2D eigenvalue weighted by atomic mass is 9.90. The zero-order chi connectivity index (χ0) is 16.5. The van der Waals surface area contributed by atoms with Crippen LogP contribution in [-0.2, 0) is 9.63 Å². The number of nitrogens with zero attached hydrogens (tertiary/aromatic N) is 3. The highest BCUT2D eigenvalue weighted by Gasteiger charge is 2.56. The molecule has 0 saturated carbocycles. The van der Waals surface area contributed by atoms with Crippen molar-refractivity contribution < 1.29 is 22.8 Å². The Morgan fingerprint density at radius 2 is 2.14 bits per heavy atom. The zero-order valence-corrected chi connectivity index (χ0v) is 12.0. The highest BCUT2D eigenvalue weighted by Crippen LogP contribution is 2.42. The molecule has 2 rings (SSSR count). The lowest BCUT2D eigenvalue weighted by molar-refractivity contribution is -0.238. The number of rotatable bonds is 2. The van der Waals surface area contributed by atoms with Crippen LogP contribution < -0.4 is 0 Å². The Balaban J connectivity index is 2.31. The molecule has 2 heterocycles. The lowest BCUT2D eigenvalue weighted by Gasteiger charge is -2.32. The summed E-state index contributed by atoms with van der Waals surface area (Å²) in [7, 11) is 0. The Morgan fingerprint density at radius 3 is 2.73 bits per heavy atom. The van der Waals surface area contributed by atoms with E-state index in [9.17, 15) is 18.0 Å². The van der Waals surface area contributed by atoms with E-state index in [1.165, 1.54) is 18.5 Å². The molecule has 1 fully saturated rings. The molecular weight excluding hydrogens is 299 g/mol. The second-order valence-corrected chi connectivity index (χ2v) is 5.51. The maximum absolute atomic E-state index is 13.0. The van der Waals surface area contributed by atoms with Crippen molar-refractivity contribution in [2.45, 2.75) is 32.5 Å². The number of halogens is 3. The van der Waals surface area contributed by atoms with Crippen LogP contribution in [0, 0.1) is 16.7 Å². The van der Waals surface area contributed by atoms with E-state index in [2.05, 4.69) is 4.98 Å². The molecule has 0 aliphatic carbocycles. The van der Waals surface area contributed by atoms with Crippen molar-refractivity contribution in [1.29, 1.82) is 5.26 Å². The van der Waals surface area contributed by atoms with Crippen LogP contribution in [0.1, 0.15) is 37.4 Å². The molecule has 0 N–H and O–H groups in total. The SMILES string of the molecule is CC(C)(C(=O)N1OCC[C@H]1c1cncc(C#N)c1)C(F)(F)F. The molecule has 1 saturated heterocycles. The minimum Gasteiger partial charge on any atom is -0.272 e. The summed E-state index contributed by atoms with van der Waals surface area (Å²) in [6, 6.07) is 2.71. The van der Waals surface area contributed by atoms with Gasteiger partial charge in [-0.3, -0.25) is 14.6 Å². The van der Waals surface area contributed by atoms with E-state index in [1.54, 1.807) is 0 Å². The average Bonchev–Trinajstić information content (AvgIpc) is 2.94. The van der Waals surface area contributed by atoms with Crippen LogP contribution in [-0.4, -0.2) is 28.7 Å². The first-order valence-corrected chi connectivity index (χ1v) is 6.57. The van der Waals surface area contributed by atoms with Crippen molar-refractivity contribution in [3.8, 4) is 6.07 Å². The summed E-state index contributed by atoms with van der Waals surface area (Å²) in [4.78, 5) is 21.2. The van der Waals surface area contributed by atoms with Gasteiger partial charge in [0.1, 0.15) is 11.5 Å². The van der Waals surface area contributed by atoms with Crippen molar-refractivity contribution in [3.05, 3.63) is 29.6 Å². The van der Waals surface area contributed by atoms with Gasteiger partial charge in [-0.1, -0.05) is 0 Å². The van der Waals surface area contributed by atoms with E-state index in [-0.39, 0.29) is 12.2 Å². The fraction of sp³-hybridized carbons (Fsp3) is 0.500. The van der Waals surface area contributed by atoms with Crippen LogP contribution in [0.3, 0.4) is 0 Å². The third kappa shape index (κ3) is 2.76. The van der Waals surface area contributed by atoms with Gasteiger partial charge >= 0.3 is 6.18 Å². The van der Waals surface area contributed by atoms with Gasteiger partial charge in [-0.25, -0.2) is 5.06 Å². The van der Waals surface area contributed by atoms with Crippen molar-refractivity contribution in [2.75, 3.05) is 6.61 Å². The lowest BCUT2D eigenvalue weighted by Crippen LogP contribution is -2.48. The van der Waals surface area contributed by atoms with Gasteiger partial charge in [-0.2, -0.15) is 18.4 Å². The van der Waals surface area contributed by atoms with Gasteiger partial charge in [-0.05, 0) is 25.5 Å². The normalized spacial score (nSPS) is 19.1. The third-order valence-electron chi connectivity index (χ3n) is 3.62. The molecule has 22 heavy (non-hydrogen) atoms. The summed E-state index contributed by atoms with van der Waals surface area (Å²) in [6.45, 7) is 1.76. The first-order chi connectivity index (χ1) is 10.2. The highest BCUT2D eigenvalue weighted by molar-refractivity contribution is 5.82. The van der Waals surface area contributed by atoms with Gasteiger partial charge in [0.15, 0.2) is 0 Å². The zero-order valence-electron chi connectivity index (χ0n) is 12.0. The molecule has 5 nitrogen and oxygen atoms in total. The first kappa shape index (κ1) is 16.2. The second kappa shape index (κ2) is 5.57. The highest BCUT2D eigenvalue weighted by atomic mass is 19.4. The maximum Gasteiger partial charge on any atom is 0.402 e. The van der Waals surface area contributed by atoms with Crippen LogP contribution in [0.25, 0.3) is 0 Å². The largest absolute Gasteiger partial charge is 0.402 e. The van der Waals surface area contributed by atoms with Crippen LogP contribution in [0.5, 0.6) is 0 Å². The molecule has 8 heteroatoms. The second-order valence-electron chi connectivity index (χ2n) is 5.51. The molecule has 0 radical (unpaired) electrons. The molecule has 1 aliphatic heterocycles. The average molecular weight is 313 g/mol. The number of hydrogen-bond donors (Lipinski definition) is 0. The molecule has 0 spiro atoms. The monoisotopic (exact) mass is 313 g/mol. The molecule has 1 amide bonds. The number of pyridine rings is 1. The Kier molecular flexibility index (Phi) is 4.11. The molecule has 0 aromatic carbocycles. The number of carbonyl (C=O) groups excluding carboxylic acids is 1. The predicted octanol–water partition coefficient (Wildman–Crippen LogP) is 2.75. The molecule has 1 aromatic heterocycles. The molecule has 1 aliphatic rings. The number of amides is 1. The van der Waals surface area contributed by atoms with E-state index < -0.39 is 23.5 Å². The van der Waals surface area contributed by atoms with Crippen LogP contribution in [0.4, 0.5) is 13.2 Å². The summed E-state index contributed by atoms with van der Waals surface area (Å²) >= 11 is 0. The summed E-state index contributed by atoms with van der Waals surface area (Å²) in [5, 5.41) is 9.62. The quantitative estimate of drug-likeness (QED) is 0.842. The summed E-state index contributed by atoms with van der Waals surface area (Å²) in [5.74, 6) is -1.16. The standard InChI is InChI=1S/C14H14F3N3O2/c1-13(2,14(15,16)17)12(21)20-11(3-4-22-20)10-5-9(6-18)7-19-8-10/h5,7-8,11H,3-4H2,1-2H3/t11-/m0/s1. The Bertz CT molecular complexity index is 622. The Morgan fingerprint density at radius 1 is 1.45 bits per heavy atom. The minimum absolute atomic E-state index is 0.126. The van der Waals surface area contributed by atoms with Gasteiger partial charge in [0, 0.05) is 18.8 Å². The number of hydrogen-bond acceptors (Lipinski definition) is 4. The first-order valence-electron chi connectivity index (χ1n) is 6.57. The topological polar surface area (TPSA) is 66.2 Å². The fourth-order valence-electron chi connectivity index (χ4n) is 2.07. The molecule has 1 atom stereocenters. The number of aromatic nitrogens is 1. The Labute approximate surface area is 125 Å². The van der Waals surface area contributed by atoms with Crippen molar-refractivity contribution in [2.24, 2.45) is 5.41 Å². The molecule has 1 aromatic rings. The number of nitriles is 1. The van der Waals surface area contributed by atoms with Crippen LogP contribution in [0.15, 0.2) is 18.5 Å². The number of hydroxylamine groups is 2.